The topological polar surface area (TPSA) is 65.4 Å². The molecule has 0 aliphatic carbocycles. The van der Waals surface area contributed by atoms with Crippen molar-refractivity contribution in [2.24, 2.45) is 7.05 Å². The molecular formula is C15H17N3O3. The molecule has 0 saturated heterocycles. The second-order valence-corrected chi connectivity index (χ2v) is 5.00. The van der Waals surface area contributed by atoms with E-state index >= 15 is 0 Å². The lowest BCUT2D eigenvalue weighted by atomic mass is 10.2. The fourth-order valence-corrected chi connectivity index (χ4v) is 2.13. The van der Waals surface area contributed by atoms with Gasteiger partial charge in [-0.2, -0.15) is 5.10 Å². The average Bonchev–Trinajstić information content (AvgIpc) is 2.84. The van der Waals surface area contributed by atoms with Gasteiger partial charge in [0.15, 0.2) is 11.5 Å². The van der Waals surface area contributed by atoms with E-state index in [0.29, 0.717) is 24.6 Å². The largest absolute Gasteiger partial charge is 0.486 e. The van der Waals surface area contributed by atoms with Gasteiger partial charge < -0.3 is 14.8 Å². The van der Waals surface area contributed by atoms with Crippen LogP contribution in [0.5, 0.6) is 11.5 Å². The molecule has 6 heteroatoms. The maximum atomic E-state index is 12.0. The number of nitrogens with one attached hydrogen (secondary N) is 1. The zero-order chi connectivity index (χ0) is 14.8. The summed E-state index contributed by atoms with van der Waals surface area (Å²) in [6, 6.07) is 9.25. The Morgan fingerprint density at radius 2 is 2.19 bits per heavy atom. The number of nitrogens with zero attached hydrogens (tertiary/aromatic N) is 2. The third-order valence-electron chi connectivity index (χ3n) is 3.40. The molecule has 0 bridgehead atoms. The summed E-state index contributed by atoms with van der Waals surface area (Å²) in [7, 11) is 1.81. The van der Waals surface area contributed by atoms with E-state index in [1.54, 1.807) is 17.8 Å². The van der Waals surface area contributed by atoms with Gasteiger partial charge in [-0.05, 0) is 25.1 Å². The fraction of sp³-hybridized carbons (Fsp3) is 0.333. The Bertz CT molecular complexity index is 646. The van der Waals surface area contributed by atoms with Gasteiger partial charge in [-0.15, -0.1) is 0 Å². The van der Waals surface area contributed by atoms with Gasteiger partial charge in [-0.25, -0.2) is 0 Å². The van der Waals surface area contributed by atoms with E-state index in [-0.39, 0.29) is 12.0 Å². The molecular weight excluding hydrogens is 270 g/mol. The minimum absolute atomic E-state index is 0.200. The van der Waals surface area contributed by atoms with Gasteiger partial charge in [0.1, 0.15) is 18.4 Å². The molecule has 1 amide bonds. The number of aromatic nitrogens is 2. The molecule has 0 radical (unpaired) electrons. The molecule has 1 aliphatic heterocycles. The van der Waals surface area contributed by atoms with Crippen LogP contribution in [0.15, 0.2) is 30.3 Å². The Hall–Kier alpha value is -2.50. The molecule has 0 fully saturated rings. The first-order valence-corrected chi connectivity index (χ1v) is 6.81. The molecule has 3 rings (SSSR count). The van der Waals surface area contributed by atoms with Crippen LogP contribution in [0.2, 0.25) is 0 Å². The number of para-hydroxylation sites is 2. The predicted octanol–water partition coefficient (Wildman–Crippen LogP) is 1.30. The monoisotopic (exact) mass is 287 g/mol. The molecule has 1 aliphatic rings. The first kappa shape index (κ1) is 13.5. The molecule has 1 aromatic carbocycles. The maximum Gasteiger partial charge on any atom is 0.271 e. The summed E-state index contributed by atoms with van der Waals surface area (Å²) < 4.78 is 13.1. The molecule has 110 valence electrons. The molecule has 1 N–H and O–H groups in total. The number of aryl methyl sites for hydroxylation is 2. The van der Waals surface area contributed by atoms with Crippen LogP contribution in [0, 0.1) is 6.92 Å². The van der Waals surface area contributed by atoms with Crippen LogP contribution in [-0.4, -0.2) is 34.9 Å². The highest BCUT2D eigenvalue weighted by Crippen LogP contribution is 2.30. The fourth-order valence-electron chi connectivity index (χ4n) is 2.13. The van der Waals surface area contributed by atoms with E-state index in [2.05, 4.69) is 10.4 Å². The lowest BCUT2D eigenvalue weighted by Crippen LogP contribution is -2.40. The van der Waals surface area contributed by atoms with Crippen molar-refractivity contribution in [1.82, 2.24) is 15.1 Å². The normalized spacial score (nSPS) is 16.6. The highest BCUT2D eigenvalue weighted by molar-refractivity contribution is 5.92. The Morgan fingerprint density at radius 3 is 2.90 bits per heavy atom. The van der Waals surface area contributed by atoms with Gasteiger partial charge in [-0.3, -0.25) is 9.48 Å². The molecule has 2 aromatic rings. The van der Waals surface area contributed by atoms with Gasteiger partial charge in [0.05, 0.1) is 6.54 Å². The van der Waals surface area contributed by atoms with Crippen molar-refractivity contribution in [3.8, 4) is 11.5 Å². The summed E-state index contributed by atoms with van der Waals surface area (Å²) in [5, 5.41) is 6.96. The molecule has 0 unspecified atom stereocenters. The zero-order valence-corrected chi connectivity index (χ0v) is 12.0. The van der Waals surface area contributed by atoms with Crippen LogP contribution in [0.1, 0.15) is 16.2 Å². The lowest BCUT2D eigenvalue weighted by molar-refractivity contribution is 0.0786. The van der Waals surface area contributed by atoms with Crippen LogP contribution in [0.4, 0.5) is 0 Å². The zero-order valence-electron chi connectivity index (χ0n) is 12.0. The number of carbonyl (C=O) groups is 1. The van der Waals surface area contributed by atoms with Crippen molar-refractivity contribution in [2.75, 3.05) is 13.2 Å². The van der Waals surface area contributed by atoms with Crippen LogP contribution >= 0.6 is 0 Å². The van der Waals surface area contributed by atoms with Gasteiger partial charge in [0.2, 0.25) is 0 Å². The number of amides is 1. The summed E-state index contributed by atoms with van der Waals surface area (Å²) in [5.74, 6) is 1.23. The number of hydrogen-bond acceptors (Lipinski definition) is 4. The molecule has 21 heavy (non-hydrogen) atoms. The van der Waals surface area contributed by atoms with E-state index in [0.717, 1.165) is 11.4 Å². The highest BCUT2D eigenvalue weighted by Gasteiger charge is 2.21. The highest BCUT2D eigenvalue weighted by atomic mass is 16.6. The minimum Gasteiger partial charge on any atom is -0.486 e. The molecule has 0 spiro atoms. The first-order valence-electron chi connectivity index (χ1n) is 6.81. The smallest absolute Gasteiger partial charge is 0.271 e. The third kappa shape index (κ3) is 2.84. The number of hydrogen-bond donors (Lipinski definition) is 1. The van der Waals surface area contributed by atoms with Gasteiger partial charge in [0.25, 0.3) is 5.91 Å². The van der Waals surface area contributed by atoms with Crippen molar-refractivity contribution >= 4 is 5.91 Å². The van der Waals surface area contributed by atoms with Crippen LogP contribution in [0.3, 0.4) is 0 Å². The molecule has 6 nitrogen and oxygen atoms in total. The predicted molar refractivity (Wildman–Crippen MR) is 76.6 cm³/mol. The minimum atomic E-state index is -0.207. The quantitative estimate of drug-likeness (QED) is 0.924. The summed E-state index contributed by atoms with van der Waals surface area (Å²) in [5.41, 5.74) is 1.35. The first-order chi connectivity index (χ1) is 10.1. The van der Waals surface area contributed by atoms with Crippen molar-refractivity contribution in [1.29, 1.82) is 0 Å². The number of ether oxygens (including phenoxy) is 2. The molecule has 0 saturated carbocycles. The van der Waals surface area contributed by atoms with E-state index in [4.69, 9.17) is 9.47 Å². The number of carbonyl (C=O) groups excluding carboxylic acids is 1. The SMILES string of the molecule is Cc1cc(C(=O)NC[C@H]2COc3ccccc3O2)nn1C. The summed E-state index contributed by atoms with van der Waals surface area (Å²) >= 11 is 0. The number of fused-ring (bicyclic) bond motifs is 1. The lowest BCUT2D eigenvalue weighted by Gasteiger charge is -2.26. The van der Waals surface area contributed by atoms with Crippen LogP contribution in [0.25, 0.3) is 0 Å². The maximum absolute atomic E-state index is 12.0. The third-order valence-corrected chi connectivity index (χ3v) is 3.40. The second kappa shape index (κ2) is 5.47. The van der Waals surface area contributed by atoms with E-state index in [1.807, 2.05) is 31.2 Å². The van der Waals surface area contributed by atoms with Crippen molar-refractivity contribution in [3.63, 3.8) is 0 Å². The van der Waals surface area contributed by atoms with Gasteiger partial charge in [0, 0.05) is 12.7 Å². The van der Waals surface area contributed by atoms with E-state index in [1.165, 1.54) is 0 Å². The second-order valence-electron chi connectivity index (χ2n) is 5.00. The molecule has 1 aromatic heterocycles. The van der Waals surface area contributed by atoms with Crippen LogP contribution in [-0.2, 0) is 7.05 Å². The van der Waals surface area contributed by atoms with Crippen molar-refractivity contribution in [3.05, 3.63) is 41.7 Å². The number of rotatable bonds is 3. The number of benzene rings is 1. The Morgan fingerprint density at radius 1 is 1.43 bits per heavy atom. The molecule has 1 atom stereocenters. The summed E-state index contributed by atoms with van der Waals surface area (Å²) in [6.07, 6.45) is -0.200. The van der Waals surface area contributed by atoms with E-state index in [9.17, 15) is 4.79 Å². The van der Waals surface area contributed by atoms with Crippen molar-refractivity contribution in [2.45, 2.75) is 13.0 Å². The van der Waals surface area contributed by atoms with Gasteiger partial charge >= 0.3 is 0 Å². The summed E-state index contributed by atoms with van der Waals surface area (Å²) in [4.78, 5) is 12.0. The Kier molecular flexibility index (Phi) is 3.51. The van der Waals surface area contributed by atoms with Crippen molar-refractivity contribution < 1.29 is 14.3 Å². The van der Waals surface area contributed by atoms with E-state index < -0.39 is 0 Å². The Labute approximate surface area is 122 Å². The average molecular weight is 287 g/mol. The summed E-state index contributed by atoms with van der Waals surface area (Å²) in [6.45, 7) is 2.69. The molecule has 2 heterocycles. The standard InChI is InChI=1S/C15H17N3O3/c1-10-7-12(17-18(10)2)15(19)16-8-11-9-20-13-5-3-4-6-14(13)21-11/h3-7,11H,8-9H2,1-2H3,(H,16,19)/t11-/m0/s1. The Balaban J connectivity index is 1.58. The van der Waals surface area contributed by atoms with Gasteiger partial charge in [-0.1, -0.05) is 12.1 Å². The van der Waals surface area contributed by atoms with Crippen LogP contribution < -0.4 is 14.8 Å².